The second kappa shape index (κ2) is 11.7. The summed E-state index contributed by atoms with van der Waals surface area (Å²) < 4.78 is 51.5. The molecule has 38 heavy (non-hydrogen) atoms. The Morgan fingerprint density at radius 3 is 2.53 bits per heavy atom. The molecule has 1 N–H and O–H groups in total. The summed E-state index contributed by atoms with van der Waals surface area (Å²) >= 11 is 0. The number of ketones is 1. The van der Waals surface area contributed by atoms with Crippen LogP contribution < -0.4 is 15.1 Å². The molecule has 2 aromatic carbocycles. The Morgan fingerprint density at radius 1 is 1.16 bits per heavy atom. The average molecular weight is 542 g/mol. The summed E-state index contributed by atoms with van der Waals surface area (Å²) in [5.41, 5.74) is 0.0194. The molecule has 1 atom stereocenters. The maximum Gasteiger partial charge on any atom is 0.339 e. The number of aromatic nitrogens is 2. The molecule has 0 saturated heterocycles. The van der Waals surface area contributed by atoms with Crippen LogP contribution in [0.2, 0.25) is 0 Å². The van der Waals surface area contributed by atoms with Gasteiger partial charge in [0.1, 0.15) is 10.7 Å². The number of aryl methyl sites for hydroxylation is 1. The van der Waals surface area contributed by atoms with Gasteiger partial charge in [0, 0.05) is 20.1 Å². The average Bonchev–Trinajstić information content (AvgIpc) is 3.09. The van der Waals surface area contributed by atoms with Gasteiger partial charge in [-0.25, -0.2) is 9.37 Å². The molecule has 1 aliphatic heterocycles. The number of rotatable bonds is 10. The van der Waals surface area contributed by atoms with Crippen molar-refractivity contribution in [3.8, 4) is 5.75 Å². The minimum atomic E-state index is -4.45. The van der Waals surface area contributed by atoms with Crippen molar-refractivity contribution < 1.29 is 26.5 Å². The van der Waals surface area contributed by atoms with Crippen molar-refractivity contribution in [2.24, 2.45) is 0 Å². The van der Waals surface area contributed by atoms with Gasteiger partial charge in [0.15, 0.2) is 17.3 Å². The number of ether oxygens (including phenoxy) is 1. The Bertz CT molecular complexity index is 1500. The number of hydrogen-bond donors (Lipinski definition) is 1. The van der Waals surface area contributed by atoms with Gasteiger partial charge < -0.3 is 14.2 Å². The lowest BCUT2D eigenvalue weighted by atomic mass is 10.1. The number of hydrogen-bond acceptors (Lipinski definition) is 8. The van der Waals surface area contributed by atoms with Crippen molar-refractivity contribution in [1.29, 1.82) is 0 Å². The first-order chi connectivity index (χ1) is 18.2. The van der Waals surface area contributed by atoms with Crippen LogP contribution in [0.5, 0.6) is 5.75 Å². The van der Waals surface area contributed by atoms with Crippen molar-refractivity contribution in [3.63, 3.8) is 0 Å². The Morgan fingerprint density at radius 2 is 1.87 bits per heavy atom. The van der Waals surface area contributed by atoms with Crippen LogP contribution in [0.1, 0.15) is 41.6 Å². The third-order valence-electron chi connectivity index (χ3n) is 6.08. The number of methoxy groups -OCH3 is 1. The second-order valence-electron chi connectivity index (χ2n) is 8.67. The van der Waals surface area contributed by atoms with Gasteiger partial charge in [0.2, 0.25) is 5.75 Å². The van der Waals surface area contributed by atoms with E-state index in [-0.39, 0.29) is 41.9 Å². The van der Waals surface area contributed by atoms with Gasteiger partial charge in [-0.3, -0.25) is 14.2 Å². The number of halogens is 1. The standard InChI is InChI=1S/C27H28FN3O6S/c1-3-29-22-15-14-20(36-2)17-31-26(22)30-24(23(32)16-11-18-9-12-19(28)13-10-18)25(27(31)33)37-38(34,35)21-7-5-4-6-8-21/h4-10,12-13,15,20,29H,3,11,14,16-17H2,1-2H3/t20-/m0/s1. The van der Waals surface area contributed by atoms with E-state index in [2.05, 4.69) is 10.3 Å². The highest BCUT2D eigenvalue weighted by atomic mass is 32.2. The molecule has 1 aromatic heterocycles. The lowest BCUT2D eigenvalue weighted by molar-refractivity contribution is 0.0896. The van der Waals surface area contributed by atoms with E-state index in [4.69, 9.17) is 8.92 Å². The smallest absolute Gasteiger partial charge is 0.339 e. The Hall–Kier alpha value is -3.83. The van der Waals surface area contributed by atoms with Crippen LogP contribution in [0.3, 0.4) is 0 Å². The lowest BCUT2D eigenvalue weighted by Gasteiger charge is -2.19. The molecule has 0 amide bonds. The van der Waals surface area contributed by atoms with Crippen molar-refractivity contribution in [1.82, 2.24) is 14.9 Å². The number of carbonyl (C=O) groups excluding carboxylic acids is 1. The monoisotopic (exact) mass is 541 g/mol. The minimum Gasteiger partial charge on any atom is -0.383 e. The van der Waals surface area contributed by atoms with Gasteiger partial charge in [-0.05, 0) is 49.6 Å². The number of benzene rings is 2. The maximum atomic E-state index is 13.8. The molecule has 1 aliphatic rings. The lowest BCUT2D eigenvalue weighted by Crippen LogP contribution is -2.34. The number of carbonyl (C=O) groups is 1. The maximum absolute atomic E-state index is 13.8. The van der Waals surface area contributed by atoms with E-state index in [1.165, 1.54) is 48.1 Å². The summed E-state index contributed by atoms with van der Waals surface area (Å²) in [4.78, 5) is 31.5. The van der Waals surface area contributed by atoms with Crippen LogP contribution in [0, 0.1) is 5.82 Å². The van der Waals surface area contributed by atoms with Crippen molar-refractivity contribution in [3.05, 3.63) is 93.9 Å². The third kappa shape index (κ3) is 6.00. The SMILES string of the molecule is CCNC1=CC[C@H](OC)Cn2c1nc(C(=O)CCc1ccc(F)cc1)c(OS(=O)(=O)c1ccccc1)c2=O. The molecular formula is C27H28FN3O6S. The van der Waals surface area contributed by atoms with Crippen LogP contribution in [-0.4, -0.2) is 43.5 Å². The molecule has 0 spiro atoms. The Kier molecular flexibility index (Phi) is 8.38. The first-order valence-corrected chi connectivity index (χ1v) is 13.5. The molecule has 4 rings (SSSR count). The molecule has 9 nitrogen and oxygen atoms in total. The topological polar surface area (TPSA) is 117 Å². The molecule has 0 saturated carbocycles. The van der Waals surface area contributed by atoms with Gasteiger partial charge in [-0.2, -0.15) is 8.42 Å². The molecule has 0 radical (unpaired) electrons. The van der Waals surface area contributed by atoms with Gasteiger partial charge in [-0.15, -0.1) is 0 Å². The van der Waals surface area contributed by atoms with Crippen LogP contribution in [0.4, 0.5) is 4.39 Å². The van der Waals surface area contributed by atoms with Gasteiger partial charge >= 0.3 is 10.1 Å². The van der Waals surface area contributed by atoms with Gasteiger partial charge in [-0.1, -0.05) is 36.4 Å². The quantitative estimate of drug-likeness (QED) is 0.307. The fraction of sp³-hybridized carbons (Fsp3) is 0.296. The Labute approximate surface area is 220 Å². The molecule has 2 heterocycles. The highest BCUT2D eigenvalue weighted by molar-refractivity contribution is 7.87. The molecule has 200 valence electrons. The number of fused-ring (bicyclic) bond motifs is 1. The van der Waals surface area contributed by atoms with Crippen LogP contribution in [0.15, 0.2) is 70.4 Å². The minimum absolute atomic E-state index is 0.0782. The van der Waals surface area contributed by atoms with Crippen molar-refractivity contribution in [2.75, 3.05) is 13.7 Å². The summed E-state index contributed by atoms with van der Waals surface area (Å²) in [6, 6.07) is 13.0. The third-order valence-corrected chi connectivity index (χ3v) is 7.32. The van der Waals surface area contributed by atoms with Crippen LogP contribution in [-0.2, 0) is 27.8 Å². The summed E-state index contributed by atoms with van der Waals surface area (Å²) in [5.74, 6) is -1.48. The summed E-state index contributed by atoms with van der Waals surface area (Å²) in [6.45, 7) is 2.48. The van der Waals surface area contributed by atoms with Crippen LogP contribution in [0.25, 0.3) is 5.70 Å². The van der Waals surface area contributed by atoms with E-state index in [9.17, 15) is 22.4 Å². The van der Waals surface area contributed by atoms with Gasteiger partial charge in [0.25, 0.3) is 5.56 Å². The fourth-order valence-corrected chi connectivity index (χ4v) is 5.04. The second-order valence-corrected chi connectivity index (χ2v) is 10.2. The van der Waals surface area contributed by atoms with E-state index >= 15 is 0 Å². The van der Waals surface area contributed by atoms with E-state index in [0.717, 1.165) is 0 Å². The number of nitrogens with one attached hydrogen (secondary N) is 1. The summed E-state index contributed by atoms with van der Waals surface area (Å²) in [7, 11) is -2.94. The highest BCUT2D eigenvalue weighted by Gasteiger charge is 2.30. The van der Waals surface area contributed by atoms with E-state index in [1.807, 2.05) is 13.0 Å². The zero-order chi connectivity index (χ0) is 27.3. The zero-order valence-corrected chi connectivity index (χ0v) is 21.8. The molecular weight excluding hydrogens is 513 g/mol. The predicted octanol–water partition coefficient (Wildman–Crippen LogP) is 3.33. The normalized spacial score (nSPS) is 15.2. The number of Topliss-reactive ketones (excluding diaryl/α,β-unsaturated/α-hetero) is 1. The fourth-order valence-electron chi connectivity index (χ4n) is 4.08. The van der Waals surface area contributed by atoms with Crippen molar-refractivity contribution >= 4 is 21.6 Å². The summed E-state index contributed by atoms with van der Waals surface area (Å²) in [5, 5.41) is 3.15. The molecule has 0 unspecified atom stereocenters. The van der Waals surface area contributed by atoms with E-state index in [1.54, 1.807) is 18.2 Å². The molecule has 3 aromatic rings. The first kappa shape index (κ1) is 27.2. The highest BCUT2D eigenvalue weighted by Crippen LogP contribution is 2.25. The van der Waals surface area contributed by atoms with Crippen molar-refractivity contribution in [2.45, 2.75) is 43.7 Å². The van der Waals surface area contributed by atoms with Gasteiger partial charge in [0.05, 0.1) is 18.3 Å². The molecule has 11 heteroatoms. The first-order valence-electron chi connectivity index (χ1n) is 12.1. The van der Waals surface area contributed by atoms with Crippen LogP contribution >= 0.6 is 0 Å². The zero-order valence-electron chi connectivity index (χ0n) is 21.0. The Balaban J connectivity index is 1.82. The largest absolute Gasteiger partial charge is 0.383 e. The molecule has 0 aliphatic carbocycles. The van der Waals surface area contributed by atoms with E-state index in [0.29, 0.717) is 24.2 Å². The van der Waals surface area contributed by atoms with E-state index < -0.39 is 33.0 Å². The number of nitrogens with zero attached hydrogens (tertiary/aromatic N) is 2. The predicted molar refractivity (Wildman–Crippen MR) is 139 cm³/mol. The molecule has 0 bridgehead atoms. The molecule has 0 fully saturated rings. The summed E-state index contributed by atoms with van der Waals surface area (Å²) in [6.07, 6.45) is 2.03.